The molecule has 4 bridgehead atoms. The number of rotatable bonds is 7. The predicted octanol–water partition coefficient (Wildman–Crippen LogP) is 7.11. The van der Waals surface area contributed by atoms with Crippen LogP contribution in [0.5, 0.6) is 0 Å². The number of carboxylic acid groups (broad SMARTS) is 1. The molecule has 4 aromatic rings. The van der Waals surface area contributed by atoms with Gasteiger partial charge >= 0.3 is 5.97 Å². The highest BCUT2D eigenvalue weighted by Gasteiger charge is 2.51. The fraction of sp³-hybridized carbons (Fsp3) is 0.457. The molecule has 7 nitrogen and oxygen atoms in total. The maximum atomic E-state index is 13.8. The number of hydrogen-bond acceptors (Lipinski definition) is 4. The fourth-order valence-electron chi connectivity index (χ4n) is 9.07. The van der Waals surface area contributed by atoms with E-state index in [-0.39, 0.29) is 17.2 Å². The molecular weight excluding hydrogens is 524 g/mol. The van der Waals surface area contributed by atoms with E-state index < -0.39 is 5.97 Å². The van der Waals surface area contributed by atoms with Gasteiger partial charge in [-0.25, -0.2) is 4.79 Å². The standard InChI is InChI=1S/C35H40N4O3/c1-20-9-27(21(2)37-31-8-6-5-7-26(31)34(41)42)28-14-32(38(4)33(40)29(28)10-20)30-18-36-39(22(30)3)19-35-15-23-11-24(16-35)13-25(12-23)17-35/h5-10,14,18,21,23-25,37H,11-13,15-17,19H2,1-4H3,(H,41,42). The lowest BCUT2D eigenvalue weighted by Gasteiger charge is -2.56. The van der Waals surface area contributed by atoms with Crippen molar-refractivity contribution < 1.29 is 9.90 Å². The van der Waals surface area contributed by atoms with Crippen LogP contribution in [0.1, 0.15) is 78.7 Å². The van der Waals surface area contributed by atoms with E-state index in [0.717, 1.165) is 57.8 Å². The third-order valence-corrected chi connectivity index (χ3v) is 10.6. The summed E-state index contributed by atoms with van der Waals surface area (Å²) in [5.41, 5.74) is 6.00. The minimum atomic E-state index is -0.975. The van der Waals surface area contributed by atoms with Gasteiger partial charge in [0.05, 0.1) is 17.5 Å². The van der Waals surface area contributed by atoms with E-state index in [1.165, 1.54) is 38.5 Å². The number of carbonyl (C=O) groups is 1. The molecule has 0 spiro atoms. The van der Waals surface area contributed by atoms with Gasteiger partial charge in [0.2, 0.25) is 0 Å². The first-order valence-electron chi connectivity index (χ1n) is 15.4. The number of nitrogens with one attached hydrogen (secondary N) is 1. The summed E-state index contributed by atoms with van der Waals surface area (Å²) in [5.74, 6) is 1.71. The number of anilines is 1. The summed E-state index contributed by atoms with van der Waals surface area (Å²) in [6.45, 7) is 7.12. The van der Waals surface area contributed by atoms with Crippen LogP contribution in [0.25, 0.3) is 22.0 Å². The molecule has 2 aromatic carbocycles. The van der Waals surface area contributed by atoms with Gasteiger partial charge in [-0.1, -0.05) is 18.2 Å². The second-order valence-electron chi connectivity index (χ2n) is 13.6. The van der Waals surface area contributed by atoms with E-state index in [4.69, 9.17) is 5.10 Å². The molecule has 0 amide bonds. The quantitative estimate of drug-likeness (QED) is 0.250. The van der Waals surface area contributed by atoms with E-state index >= 15 is 0 Å². The molecule has 4 aliphatic rings. The Hall–Kier alpha value is -3.87. The van der Waals surface area contributed by atoms with Crippen molar-refractivity contribution >= 4 is 22.4 Å². The first kappa shape index (κ1) is 27.0. The normalized spacial score (nSPS) is 25.2. The van der Waals surface area contributed by atoms with Gasteiger partial charge in [0.15, 0.2) is 0 Å². The Morgan fingerprint density at radius 1 is 1.05 bits per heavy atom. The van der Waals surface area contributed by atoms with Crippen LogP contribution in [0.4, 0.5) is 5.69 Å². The van der Waals surface area contributed by atoms with Crippen molar-refractivity contribution in [2.24, 2.45) is 30.2 Å². The lowest BCUT2D eigenvalue weighted by Crippen LogP contribution is -2.48. The molecule has 4 aliphatic carbocycles. The molecule has 2 heterocycles. The van der Waals surface area contributed by atoms with E-state index in [2.05, 4.69) is 29.1 Å². The number of nitrogens with zero attached hydrogens (tertiary/aromatic N) is 3. The van der Waals surface area contributed by atoms with Crippen LogP contribution < -0.4 is 10.9 Å². The number of aryl methyl sites for hydroxylation is 1. The van der Waals surface area contributed by atoms with Crippen LogP contribution in [0.15, 0.2) is 53.5 Å². The highest BCUT2D eigenvalue weighted by atomic mass is 16.4. The number of pyridine rings is 1. The zero-order chi connectivity index (χ0) is 29.3. The molecule has 0 aliphatic heterocycles. The Labute approximate surface area is 246 Å². The van der Waals surface area contributed by atoms with Crippen LogP contribution in [0.3, 0.4) is 0 Å². The average Bonchev–Trinajstić information content (AvgIpc) is 3.28. The molecule has 2 aromatic heterocycles. The Balaban J connectivity index is 1.27. The van der Waals surface area contributed by atoms with Gasteiger partial charge in [-0.3, -0.25) is 9.48 Å². The van der Waals surface area contributed by atoms with Gasteiger partial charge in [0.1, 0.15) is 0 Å². The first-order valence-corrected chi connectivity index (χ1v) is 15.4. The predicted molar refractivity (Wildman–Crippen MR) is 166 cm³/mol. The summed E-state index contributed by atoms with van der Waals surface area (Å²) < 4.78 is 3.96. The Morgan fingerprint density at radius 3 is 2.38 bits per heavy atom. The largest absolute Gasteiger partial charge is 0.478 e. The lowest BCUT2D eigenvalue weighted by molar-refractivity contribution is -0.0638. The summed E-state index contributed by atoms with van der Waals surface area (Å²) in [5, 5.41) is 19.5. The average molecular weight is 565 g/mol. The van der Waals surface area contributed by atoms with Crippen molar-refractivity contribution in [1.82, 2.24) is 14.3 Å². The van der Waals surface area contributed by atoms with Gasteiger partial charge in [0, 0.05) is 42.0 Å². The monoisotopic (exact) mass is 564 g/mol. The molecule has 0 radical (unpaired) electrons. The van der Waals surface area contributed by atoms with Crippen LogP contribution in [-0.4, -0.2) is 25.4 Å². The highest BCUT2D eigenvalue weighted by molar-refractivity contribution is 5.94. The molecule has 1 unspecified atom stereocenters. The molecule has 1 atom stereocenters. The molecule has 8 rings (SSSR count). The van der Waals surface area contributed by atoms with Crippen molar-refractivity contribution in [3.63, 3.8) is 0 Å². The molecule has 4 saturated carbocycles. The van der Waals surface area contributed by atoms with Gasteiger partial charge in [-0.2, -0.15) is 5.10 Å². The number of hydrogen-bond donors (Lipinski definition) is 2. The molecule has 42 heavy (non-hydrogen) atoms. The van der Waals surface area contributed by atoms with Gasteiger partial charge in [-0.05, 0) is 123 Å². The zero-order valence-electron chi connectivity index (χ0n) is 25.0. The van der Waals surface area contributed by atoms with Crippen LogP contribution in [-0.2, 0) is 13.6 Å². The minimum Gasteiger partial charge on any atom is -0.478 e. The second-order valence-corrected chi connectivity index (χ2v) is 13.6. The smallest absolute Gasteiger partial charge is 0.337 e. The number of carboxylic acids is 1. The minimum absolute atomic E-state index is 0.0428. The van der Waals surface area contributed by atoms with Gasteiger partial charge < -0.3 is 15.0 Å². The van der Waals surface area contributed by atoms with E-state index in [1.807, 2.05) is 39.2 Å². The third kappa shape index (κ3) is 4.45. The SMILES string of the molecule is Cc1cc(C(C)Nc2ccccc2C(=O)O)c2cc(-c3cnn(CC45CC6CC(CC(C6)C4)C5)c3C)n(C)c(=O)c2c1. The summed E-state index contributed by atoms with van der Waals surface area (Å²) in [6.07, 6.45) is 10.2. The van der Waals surface area contributed by atoms with E-state index in [1.54, 1.807) is 22.8 Å². The van der Waals surface area contributed by atoms with Crippen LogP contribution >= 0.6 is 0 Å². The van der Waals surface area contributed by atoms with Crippen molar-refractivity contribution in [2.45, 2.75) is 71.9 Å². The Morgan fingerprint density at radius 2 is 1.71 bits per heavy atom. The molecular formula is C35H40N4O3. The first-order chi connectivity index (χ1) is 20.1. The third-order valence-electron chi connectivity index (χ3n) is 10.6. The topological polar surface area (TPSA) is 89.2 Å². The summed E-state index contributed by atoms with van der Waals surface area (Å²) in [4.78, 5) is 25.6. The lowest BCUT2D eigenvalue weighted by atomic mass is 9.49. The van der Waals surface area contributed by atoms with Crippen LogP contribution in [0, 0.1) is 37.0 Å². The van der Waals surface area contributed by atoms with E-state index in [9.17, 15) is 14.7 Å². The molecule has 4 fully saturated rings. The second kappa shape index (κ2) is 9.85. The summed E-state index contributed by atoms with van der Waals surface area (Å²) in [6, 6.07) is 12.9. The highest BCUT2D eigenvalue weighted by Crippen LogP contribution is 2.60. The molecule has 0 saturated heterocycles. The Bertz CT molecular complexity index is 1750. The van der Waals surface area contributed by atoms with Crippen LogP contribution in [0.2, 0.25) is 0 Å². The van der Waals surface area contributed by atoms with Crippen molar-refractivity contribution in [3.8, 4) is 11.3 Å². The zero-order valence-corrected chi connectivity index (χ0v) is 25.0. The van der Waals surface area contributed by atoms with Crippen molar-refractivity contribution in [3.05, 3.63) is 81.4 Å². The Kier molecular flexibility index (Phi) is 6.33. The summed E-state index contributed by atoms with van der Waals surface area (Å²) in [7, 11) is 1.85. The maximum absolute atomic E-state index is 13.8. The number of benzene rings is 2. The maximum Gasteiger partial charge on any atom is 0.337 e. The fourth-order valence-corrected chi connectivity index (χ4v) is 9.07. The van der Waals surface area contributed by atoms with Gasteiger partial charge in [0.25, 0.3) is 5.56 Å². The summed E-state index contributed by atoms with van der Waals surface area (Å²) >= 11 is 0. The molecule has 7 heteroatoms. The number of aromatic nitrogens is 3. The molecule has 218 valence electrons. The number of aromatic carboxylic acids is 1. The number of para-hydroxylation sites is 1. The van der Waals surface area contributed by atoms with Crippen molar-refractivity contribution in [2.75, 3.05) is 5.32 Å². The van der Waals surface area contributed by atoms with Gasteiger partial charge in [-0.15, -0.1) is 0 Å². The van der Waals surface area contributed by atoms with E-state index in [0.29, 0.717) is 16.5 Å². The van der Waals surface area contributed by atoms with Crippen molar-refractivity contribution in [1.29, 1.82) is 0 Å². The molecule has 2 N–H and O–H groups in total. The number of fused-ring (bicyclic) bond motifs is 1.